The van der Waals surface area contributed by atoms with Gasteiger partial charge in [0.25, 0.3) is 0 Å². The predicted octanol–water partition coefficient (Wildman–Crippen LogP) is 3.53. The molecule has 2 heteroatoms. The third-order valence-corrected chi connectivity index (χ3v) is 5.14. The van der Waals surface area contributed by atoms with Gasteiger partial charge < -0.3 is 5.73 Å². The summed E-state index contributed by atoms with van der Waals surface area (Å²) in [7, 11) is 0. The van der Waals surface area contributed by atoms with Crippen molar-refractivity contribution < 1.29 is 4.39 Å². The molecule has 0 radical (unpaired) electrons. The molecule has 0 heterocycles. The highest BCUT2D eigenvalue weighted by atomic mass is 19.1. The lowest BCUT2D eigenvalue weighted by atomic mass is 9.70. The predicted molar refractivity (Wildman–Crippen MR) is 65.9 cm³/mol. The van der Waals surface area contributed by atoms with Crippen molar-refractivity contribution in [3.05, 3.63) is 0 Å². The van der Waals surface area contributed by atoms with Gasteiger partial charge in [0.2, 0.25) is 0 Å². The Hall–Kier alpha value is -0.110. The zero-order valence-electron chi connectivity index (χ0n) is 10.9. The first-order valence-electron chi connectivity index (χ1n) is 6.75. The van der Waals surface area contributed by atoms with Gasteiger partial charge in [0, 0.05) is 6.54 Å². The van der Waals surface area contributed by atoms with E-state index in [2.05, 4.69) is 0 Å². The second-order valence-electron chi connectivity index (χ2n) is 7.06. The second kappa shape index (κ2) is 3.97. The van der Waals surface area contributed by atoms with Gasteiger partial charge in [-0.15, -0.1) is 0 Å². The highest BCUT2D eigenvalue weighted by molar-refractivity contribution is 4.99. The zero-order chi connectivity index (χ0) is 12.0. The van der Waals surface area contributed by atoms with Crippen LogP contribution in [0.1, 0.15) is 52.9 Å². The molecular weight excluding hydrogens is 201 g/mol. The molecule has 94 valence electrons. The van der Waals surface area contributed by atoms with Gasteiger partial charge in [-0.1, -0.05) is 27.2 Å². The third-order valence-electron chi connectivity index (χ3n) is 5.14. The molecule has 0 aromatic heterocycles. The van der Waals surface area contributed by atoms with Crippen molar-refractivity contribution >= 4 is 0 Å². The Balaban J connectivity index is 2.02. The minimum Gasteiger partial charge on any atom is -0.328 e. The topological polar surface area (TPSA) is 26.0 Å². The number of halogens is 1. The second-order valence-corrected chi connectivity index (χ2v) is 7.06. The smallest absolute Gasteiger partial charge is 0.128 e. The summed E-state index contributed by atoms with van der Waals surface area (Å²) in [6.45, 7) is 6.11. The van der Waals surface area contributed by atoms with E-state index in [1.807, 2.05) is 20.8 Å². The SMILES string of the molecule is CC(C)(C)C(F)(CN)CC1CC2CCC1C2. The molecule has 4 unspecified atom stereocenters. The molecule has 16 heavy (non-hydrogen) atoms. The summed E-state index contributed by atoms with van der Waals surface area (Å²) in [5, 5.41) is 0. The number of fused-ring (bicyclic) bond motifs is 2. The van der Waals surface area contributed by atoms with Gasteiger partial charge in [-0.05, 0) is 48.9 Å². The molecule has 1 nitrogen and oxygen atoms in total. The molecule has 2 fully saturated rings. The Morgan fingerprint density at radius 3 is 2.25 bits per heavy atom. The van der Waals surface area contributed by atoms with Crippen molar-refractivity contribution in [3.8, 4) is 0 Å². The lowest BCUT2D eigenvalue weighted by Gasteiger charge is -2.40. The summed E-state index contributed by atoms with van der Waals surface area (Å²) >= 11 is 0. The Bertz CT molecular complexity index is 258. The van der Waals surface area contributed by atoms with Crippen molar-refractivity contribution in [1.82, 2.24) is 0 Å². The molecule has 0 aromatic rings. The van der Waals surface area contributed by atoms with Crippen LogP contribution in [-0.4, -0.2) is 12.2 Å². The Labute approximate surface area is 99.0 Å². The van der Waals surface area contributed by atoms with Crippen molar-refractivity contribution in [3.63, 3.8) is 0 Å². The Morgan fingerprint density at radius 1 is 1.19 bits per heavy atom. The molecule has 4 atom stereocenters. The normalized spacial score (nSPS) is 37.7. The molecular formula is C14H26FN. The average Bonchev–Trinajstić information content (AvgIpc) is 2.77. The highest BCUT2D eigenvalue weighted by Crippen LogP contribution is 2.53. The van der Waals surface area contributed by atoms with Crippen molar-refractivity contribution in [2.24, 2.45) is 28.9 Å². The summed E-state index contributed by atoms with van der Waals surface area (Å²) in [5.41, 5.74) is 4.19. The standard InChI is InChI=1S/C14H26FN/c1-13(2,3)14(15,9-16)8-12-7-10-4-5-11(12)6-10/h10-12H,4-9,16H2,1-3H3. The van der Waals surface area contributed by atoms with E-state index in [1.54, 1.807) is 0 Å². The van der Waals surface area contributed by atoms with Gasteiger partial charge in [0.05, 0.1) is 0 Å². The monoisotopic (exact) mass is 227 g/mol. The maximum absolute atomic E-state index is 14.9. The number of alkyl halides is 1. The molecule has 0 amide bonds. The van der Waals surface area contributed by atoms with Crippen LogP contribution < -0.4 is 5.73 Å². The van der Waals surface area contributed by atoms with E-state index in [-0.39, 0.29) is 12.0 Å². The molecule has 2 N–H and O–H groups in total. The molecule has 2 saturated carbocycles. The van der Waals surface area contributed by atoms with Crippen molar-refractivity contribution in [1.29, 1.82) is 0 Å². The molecule has 0 aromatic carbocycles. The first-order chi connectivity index (χ1) is 7.36. The fourth-order valence-electron chi connectivity index (χ4n) is 3.74. The number of nitrogens with two attached hydrogens (primary N) is 1. The minimum absolute atomic E-state index is 0.171. The van der Waals surface area contributed by atoms with Gasteiger partial charge in [-0.25, -0.2) is 4.39 Å². The summed E-state index contributed by atoms with van der Waals surface area (Å²) in [6.07, 6.45) is 6.02. The van der Waals surface area contributed by atoms with E-state index in [1.165, 1.54) is 25.7 Å². The van der Waals surface area contributed by atoms with Gasteiger partial charge in [0.1, 0.15) is 5.67 Å². The summed E-state index contributed by atoms with van der Waals surface area (Å²) in [6, 6.07) is 0. The van der Waals surface area contributed by atoms with Gasteiger partial charge >= 0.3 is 0 Å². The number of hydrogen-bond acceptors (Lipinski definition) is 1. The largest absolute Gasteiger partial charge is 0.328 e. The molecule has 0 saturated heterocycles. The molecule has 0 aliphatic heterocycles. The quantitative estimate of drug-likeness (QED) is 0.784. The van der Waals surface area contributed by atoms with Gasteiger partial charge in [-0.3, -0.25) is 0 Å². The van der Waals surface area contributed by atoms with Crippen molar-refractivity contribution in [2.45, 2.75) is 58.5 Å². The zero-order valence-corrected chi connectivity index (χ0v) is 10.9. The fraction of sp³-hybridized carbons (Fsp3) is 1.00. The van der Waals surface area contributed by atoms with Crippen LogP contribution >= 0.6 is 0 Å². The maximum Gasteiger partial charge on any atom is 0.128 e. The van der Waals surface area contributed by atoms with E-state index >= 15 is 0 Å². The van der Waals surface area contributed by atoms with E-state index in [9.17, 15) is 4.39 Å². The van der Waals surface area contributed by atoms with Crippen LogP contribution in [0.4, 0.5) is 4.39 Å². The van der Waals surface area contributed by atoms with Crippen LogP contribution in [0.5, 0.6) is 0 Å². The van der Waals surface area contributed by atoms with Crippen LogP contribution in [0, 0.1) is 23.2 Å². The molecule has 2 aliphatic carbocycles. The minimum atomic E-state index is -1.18. The molecule has 2 aliphatic rings. The van der Waals surface area contributed by atoms with E-state index in [4.69, 9.17) is 5.73 Å². The Kier molecular flexibility index (Phi) is 3.07. The van der Waals surface area contributed by atoms with Crippen LogP contribution in [-0.2, 0) is 0 Å². The Morgan fingerprint density at radius 2 is 1.88 bits per heavy atom. The van der Waals surface area contributed by atoms with Gasteiger partial charge in [0.15, 0.2) is 0 Å². The van der Waals surface area contributed by atoms with Gasteiger partial charge in [-0.2, -0.15) is 0 Å². The molecule has 0 spiro atoms. The van der Waals surface area contributed by atoms with Crippen molar-refractivity contribution in [2.75, 3.05) is 6.54 Å². The average molecular weight is 227 g/mol. The summed E-state index contributed by atoms with van der Waals surface area (Å²) in [5.74, 6) is 2.30. The van der Waals surface area contributed by atoms with Crippen LogP contribution in [0.3, 0.4) is 0 Å². The maximum atomic E-state index is 14.9. The van der Waals surface area contributed by atoms with E-state index < -0.39 is 5.67 Å². The molecule has 2 rings (SSSR count). The first kappa shape index (κ1) is 12.3. The number of hydrogen-bond donors (Lipinski definition) is 1. The first-order valence-corrected chi connectivity index (χ1v) is 6.75. The summed E-state index contributed by atoms with van der Waals surface area (Å²) in [4.78, 5) is 0. The number of rotatable bonds is 3. The third kappa shape index (κ3) is 2.01. The van der Waals surface area contributed by atoms with Crippen LogP contribution in [0.15, 0.2) is 0 Å². The van der Waals surface area contributed by atoms with Crippen LogP contribution in [0.2, 0.25) is 0 Å². The van der Waals surface area contributed by atoms with E-state index in [0.29, 0.717) is 12.3 Å². The lowest BCUT2D eigenvalue weighted by Crippen LogP contribution is -2.47. The summed E-state index contributed by atoms with van der Waals surface area (Å²) < 4.78 is 14.9. The highest BCUT2D eigenvalue weighted by Gasteiger charge is 2.48. The van der Waals surface area contributed by atoms with Crippen LogP contribution in [0.25, 0.3) is 0 Å². The lowest BCUT2D eigenvalue weighted by molar-refractivity contribution is 0.00522. The molecule has 2 bridgehead atoms. The fourth-order valence-corrected chi connectivity index (χ4v) is 3.74. The van der Waals surface area contributed by atoms with E-state index in [0.717, 1.165) is 11.8 Å².